The average Bonchev–Trinajstić information content (AvgIpc) is 3.55. The fourth-order valence-corrected chi connectivity index (χ4v) is 8.07. The summed E-state index contributed by atoms with van der Waals surface area (Å²) < 4.78 is 0. The molecular formula is C50H30N2. The maximum atomic E-state index is 9.54. The minimum absolute atomic E-state index is 0.658. The predicted octanol–water partition coefficient (Wildman–Crippen LogP) is 13.2. The first-order valence-corrected chi connectivity index (χ1v) is 17.6. The van der Waals surface area contributed by atoms with Crippen LogP contribution in [0.5, 0.6) is 0 Å². The van der Waals surface area contributed by atoms with Gasteiger partial charge in [0.05, 0.1) is 23.0 Å². The molecule has 0 aliphatic heterocycles. The van der Waals surface area contributed by atoms with Gasteiger partial charge in [-0.05, 0) is 101 Å². The van der Waals surface area contributed by atoms with Gasteiger partial charge in [-0.25, -0.2) is 4.98 Å². The number of fused-ring (bicyclic) bond motifs is 4. The zero-order valence-electron chi connectivity index (χ0n) is 28.2. The topological polar surface area (TPSA) is 36.7 Å². The Hall–Kier alpha value is -7.08. The van der Waals surface area contributed by atoms with Crippen LogP contribution >= 0.6 is 0 Å². The van der Waals surface area contributed by atoms with Crippen LogP contribution in [-0.2, 0) is 0 Å². The van der Waals surface area contributed by atoms with Crippen molar-refractivity contribution in [1.29, 1.82) is 5.26 Å². The summed E-state index contributed by atoms with van der Waals surface area (Å²) >= 11 is 0. The van der Waals surface area contributed by atoms with Crippen LogP contribution < -0.4 is 0 Å². The van der Waals surface area contributed by atoms with Crippen molar-refractivity contribution in [1.82, 2.24) is 4.98 Å². The van der Waals surface area contributed by atoms with E-state index < -0.39 is 0 Å². The van der Waals surface area contributed by atoms with Crippen LogP contribution in [0.3, 0.4) is 0 Å². The van der Waals surface area contributed by atoms with Crippen LogP contribution in [0.15, 0.2) is 182 Å². The molecule has 0 saturated heterocycles. The standard InChI is InChI=1S/C50H30N2/c51-31-32-19-21-33(22-20-32)38-24-26-44-41-17-9-10-18-42(41)45-27-28-46(49(38)50(44)45)43-25-23-37(39-15-7-8-16-40(39)43)36-29-47(34-11-3-1-4-12-34)52-48(30-36)35-13-5-2-6-14-35/h1-30H. The van der Waals surface area contributed by atoms with Gasteiger partial charge >= 0.3 is 0 Å². The monoisotopic (exact) mass is 658 g/mol. The lowest BCUT2D eigenvalue weighted by Gasteiger charge is -2.18. The van der Waals surface area contributed by atoms with E-state index in [4.69, 9.17) is 4.98 Å². The lowest BCUT2D eigenvalue weighted by Crippen LogP contribution is -1.93. The molecule has 10 rings (SSSR count). The number of nitrogens with zero attached hydrogens (tertiary/aromatic N) is 2. The van der Waals surface area contributed by atoms with Crippen molar-refractivity contribution < 1.29 is 0 Å². The van der Waals surface area contributed by atoms with Crippen molar-refractivity contribution >= 4 is 21.5 Å². The van der Waals surface area contributed by atoms with Gasteiger partial charge in [-0.1, -0.05) is 158 Å². The highest BCUT2D eigenvalue weighted by atomic mass is 14.7. The molecule has 52 heavy (non-hydrogen) atoms. The number of benzene rings is 8. The molecule has 1 heterocycles. The van der Waals surface area contributed by atoms with Crippen LogP contribution in [0.1, 0.15) is 5.56 Å². The highest BCUT2D eigenvalue weighted by Crippen LogP contribution is 2.52. The van der Waals surface area contributed by atoms with Crippen molar-refractivity contribution in [2.75, 3.05) is 0 Å². The molecule has 2 nitrogen and oxygen atoms in total. The summed E-state index contributed by atoms with van der Waals surface area (Å²) in [6.45, 7) is 0. The minimum atomic E-state index is 0.658. The summed E-state index contributed by atoms with van der Waals surface area (Å²) in [6, 6.07) is 66.8. The molecule has 1 aromatic heterocycles. The van der Waals surface area contributed by atoms with Crippen LogP contribution in [-0.4, -0.2) is 4.98 Å². The number of hydrogen-bond donors (Lipinski definition) is 0. The SMILES string of the molecule is N#Cc1ccc(-c2ccc3c4c(ccc(-c5ccc(-c6cc(-c7ccccc7)nc(-c7ccccc7)c6)c6ccccc56)c24)-c2ccccc2-3)cc1. The summed E-state index contributed by atoms with van der Waals surface area (Å²) in [7, 11) is 0. The molecule has 0 fully saturated rings. The third-order valence-corrected chi connectivity index (χ3v) is 10.5. The van der Waals surface area contributed by atoms with E-state index in [1.807, 2.05) is 24.3 Å². The van der Waals surface area contributed by atoms with Crippen LogP contribution in [0.25, 0.3) is 99.7 Å². The van der Waals surface area contributed by atoms with Crippen molar-refractivity contribution in [2.45, 2.75) is 0 Å². The van der Waals surface area contributed by atoms with Gasteiger partial charge in [0.25, 0.3) is 0 Å². The second-order valence-corrected chi connectivity index (χ2v) is 13.4. The summed E-state index contributed by atoms with van der Waals surface area (Å²) in [5, 5.41) is 14.4. The molecule has 0 radical (unpaired) electrons. The van der Waals surface area contributed by atoms with Gasteiger partial charge in [0.15, 0.2) is 0 Å². The van der Waals surface area contributed by atoms with Gasteiger partial charge in [0.1, 0.15) is 0 Å². The summed E-state index contributed by atoms with van der Waals surface area (Å²) in [4.78, 5) is 5.15. The third kappa shape index (κ3) is 4.76. The number of rotatable bonds is 5. The second-order valence-electron chi connectivity index (χ2n) is 13.4. The molecule has 240 valence electrons. The zero-order valence-corrected chi connectivity index (χ0v) is 28.2. The molecule has 0 spiro atoms. The molecule has 0 saturated carbocycles. The number of hydrogen-bond acceptors (Lipinski definition) is 2. The normalized spacial score (nSPS) is 11.4. The molecule has 0 atom stereocenters. The third-order valence-electron chi connectivity index (χ3n) is 10.5. The molecule has 2 heteroatoms. The number of nitriles is 1. The van der Waals surface area contributed by atoms with Crippen molar-refractivity contribution in [3.05, 3.63) is 188 Å². The van der Waals surface area contributed by atoms with E-state index in [0.29, 0.717) is 5.56 Å². The summed E-state index contributed by atoms with van der Waals surface area (Å²) in [6.07, 6.45) is 0. The van der Waals surface area contributed by atoms with Gasteiger partial charge in [0.2, 0.25) is 0 Å². The molecule has 9 aromatic rings. The maximum Gasteiger partial charge on any atom is 0.0991 e. The predicted molar refractivity (Wildman–Crippen MR) is 216 cm³/mol. The molecule has 0 unspecified atom stereocenters. The van der Waals surface area contributed by atoms with Gasteiger partial charge < -0.3 is 0 Å². The molecular weight excluding hydrogens is 629 g/mol. The Kier molecular flexibility index (Phi) is 6.91. The maximum absolute atomic E-state index is 9.54. The second kappa shape index (κ2) is 12.1. The van der Waals surface area contributed by atoms with Crippen molar-refractivity contribution in [3.63, 3.8) is 0 Å². The fourth-order valence-electron chi connectivity index (χ4n) is 8.07. The molecule has 1 aliphatic carbocycles. The van der Waals surface area contributed by atoms with Crippen molar-refractivity contribution in [2.24, 2.45) is 0 Å². The largest absolute Gasteiger partial charge is 0.248 e. The Labute approximate surface area is 302 Å². The smallest absolute Gasteiger partial charge is 0.0991 e. The Morgan fingerprint density at radius 3 is 1.35 bits per heavy atom. The van der Waals surface area contributed by atoms with Gasteiger partial charge in [-0.3, -0.25) is 0 Å². The molecule has 1 aliphatic rings. The highest BCUT2D eigenvalue weighted by Gasteiger charge is 2.25. The van der Waals surface area contributed by atoms with Gasteiger partial charge in [0, 0.05) is 11.1 Å². The van der Waals surface area contributed by atoms with Crippen LogP contribution in [0, 0.1) is 11.3 Å². The van der Waals surface area contributed by atoms with E-state index in [1.165, 1.54) is 60.5 Å². The van der Waals surface area contributed by atoms with E-state index in [0.717, 1.165) is 39.2 Å². The lowest BCUT2D eigenvalue weighted by molar-refractivity contribution is 1.32. The minimum Gasteiger partial charge on any atom is -0.248 e. The Morgan fingerprint density at radius 2 is 0.769 bits per heavy atom. The van der Waals surface area contributed by atoms with Gasteiger partial charge in [-0.15, -0.1) is 0 Å². The van der Waals surface area contributed by atoms with E-state index in [9.17, 15) is 5.26 Å². The quantitative estimate of drug-likeness (QED) is 0.184. The number of aromatic nitrogens is 1. The molecule has 0 amide bonds. The molecule has 0 N–H and O–H groups in total. The Bertz CT molecular complexity index is 2790. The first kappa shape index (κ1) is 29.8. The Morgan fingerprint density at radius 1 is 0.327 bits per heavy atom. The van der Waals surface area contributed by atoms with E-state index in [2.05, 4.69) is 164 Å². The zero-order chi connectivity index (χ0) is 34.6. The van der Waals surface area contributed by atoms with Crippen LogP contribution in [0.4, 0.5) is 0 Å². The van der Waals surface area contributed by atoms with Crippen LogP contribution in [0.2, 0.25) is 0 Å². The van der Waals surface area contributed by atoms with Crippen molar-refractivity contribution in [3.8, 4) is 84.2 Å². The Balaban J connectivity index is 1.23. The lowest BCUT2D eigenvalue weighted by atomic mass is 9.85. The number of pyridine rings is 1. The average molecular weight is 659 g/mol. The first-order chi connectivity index (χ1) is 25.7. The first-order valence-electron chi connectivity index (χ1n) is 17.6. The molecule has 0 bridgehead atoms. The highest BCUT2D eigenvalue weighted by molar-refractivity contribution is 6.24. The van der Waals surface area contributed by atoms with E-state index >= 15 is 0 Å². The molecule has 8 aromatic carbocycles. The summed E-state index contributed by atoms with van der Waals surface area (Å²) in [5.74, 6) is 0. The van der Waals surface area contributed by atoms with Gasteiger partial charge in [-0.2, -0.15) is 5.26 Å². The fraction of sp³-hybridized carbons (Fsp3) is 0. The van der Waals surface area contributed by atoms with E-state index in [1.54, 1.807) is 0 Å². The van der Waals surface area contributed by atoms with E-state index in [-0.39, 0.29) is 0 Å². The summed E-state index contributed by atoms with van der Waals surface area (Å²) in [5.41, 5.74) is 16.7.